The third-order valence-corrected chi connectivity index (χ3v) is 3.73. The monoisotopic (exact) mass is 310 g/mol. The molecule has 0 fully saturated rings. The van der Waals surface area contributed by atoms with E-state index in [1.54, 1.807) is 0 Å². The number of ether oxygens (including phenoxy) is 1. The van der Waals surface area contributed by atoms with E-state index >= 15 is 0 Å². The van der Waals surface area contributed by atoms with Gasteiger partial charge in [-0.2, -0.15) is 5.10 Å². The lowest BCUT2D eigenvalue weighted by Gasteiger charge is -2.13. The van der Waals surface area contributed by atoms with Crippen molar-refractivity contribution in [2.75, 3.05) is 13.2 Å². The van der Waals surface area contributed by atoms with E-state index in [0.717, 1.165) is 22.9 Å². The second-order valence-electron chi connectivity index (χ2n) is 5.38. The lowest BCUT2D eigenvalue weighted by atomic mass is 10.1. The number of hydrazone groups is 1. The fraction of sp³-hybridized carbons (Fsp3) is 0.278. The highest BCUT2D eigenvalue weighted by atomic mass is 16.5. The zero-order chi connectivity index (χ0) is 16.2. The Morgan fingerprint density at radius 2 is 1.87 bits per heavy atom. The first-order valence-corrected chi connectivity index (χ1v) is 7.75. The molecule has 0 atom stereocenters. The first-order valence-electron chi connectivity index (χ1n) is 7.75. The normalized spacial score (nSPS) is 14.5. The summed E-state index contributed by atoms with van der Waals surface area (Å²) in [5.74, 6) is -0.286. The topological polar surface area (TPSA) is 59.0 Å². The van der Waals surface area contributed by atoms with Gasteiger partial charge in [-0.3, -0.25) is 9.59 Å². The van der Waals surface area contributed by atoms with Gasteiger partial charge in [0.2, 0.25) is 0 Å². The quantitative estimate of drug-likeness (QED) is 0.771. The maximum absolute atomic E-state index is 11.9. The summed E-state index contributed by atoms with van der Waals surface area (Å²) < 4.78 is 5.79. The van der Waals surface area contributed by atoms with Crippen molar-refractivity contribution in [2.24, 2.45) is 5.10 Å². The molecule has 5 heteroatoms. The highest BCUT2D eigenvalue weighted by Gasteiger charge is 2.32. The number of carbonyl (C=O) groups is 2. The number of amides is 1. The van der Waals surface area contributed by atoms with Crippen LogP contribution < -0.4 is 4.74 Å². The van der Waals surface area contributed by atoms with Crippen LogP contribution in [-0.4, -0.2) is 35.6 Å². The number of benzene rings is 2. The van der Waals surface area contributed by atoms with Crippen molar-refractivity contribution in [1.82, 2.24) is 5.01 Å². The van der Waals surface area contributed by atoms with Crippen molar-refractivity contribution in [3.8, 4) is 5.75 Å². The second kappa shape index (κ2) is 6.60. The van der Waals surface area contributed by atoms with E-state index in [9.17, 15) is 9.59 Å². The molecule has 0 radical (unpaired) electrons. The van der Waals surface area contributed by atoms with Crippen LogP contribution >= 0.6 is 0 Å². The van der Waals surface area contributed by atoms with Gasteiger partial charge in [-0.05, 0) is 17.9 Å². The summed E-state index contributed by atoms with van der Waals surface area (Å²) >= 11 is 0. The Morgan fingerprint density at radius 3 is 2.70 bits per heavy atom. The average Bonchev–Trinajstić information content (AvgIpc) is 2.84. The Labute approximate surface area is 134 Å². The Hall–Kier alpha value is -2.69. The van der Waals surface area contributed by atoms with Crippen LogP contribution in [0.25, 0.3) is 10.8 Å². The molecule has 1 aliphatic rings. The van der Waals surface area contributed by atoms with Gasteiger partial charge >= 0.3 is 5.91 Å². The molecule has 1 aliphatic heterocycles. The minimum absolute atomic E-state index is 0.265. The summed E-state index contributed by atoms with van der Waals surface area (Å²) in [6.45, 7) is 2.50. The van der Waals surface area contributed by atoms with Gasteiger partial charge in [-0.25, -0.2) is 5.01 Å². The molecule has 0 spiro atoms. The van der Waals surface area contributed by atoms with Crippen LogP contribution in [0.3, 0.4) is 0 Å². The number of ketones is 1. The lowest BCUT2D eigenvalue weighted by molar-refractivity contribution is -0.139. The molecule has 0 aliphatic carbocycles. The molecule has 0 unspecified atom stereocenters. The molecule has 5 nitrogen and oxygen atoms in total. The van der Waals surface area contributed by atoms with Crippen molar-refractivity contribution in [1.29, 1.82) is 0 Å². The zero-order valence-electron chi connectivity index (χ0n) is 13.0. The molecule has 0 saturated heterocycles. The van der Waals surface area contributed by atoms with Crippen molar-refractivity contribution in [3.63, 3.8) is 0 Å². The molecule has 0 saturated carbocycles. The van der Waals surface area contributed by atoms with E-state index in [4.69, 9.17) is 4.74 Å². The maximum atomic E-state index is 11.9. The maximum Gasteiger partial charge on any atom is 0.316 e. The molecule has 1 amide bonds. The highest BCUT2D eigenvalue weighted by molar-refractivity contribution is 6.66. The van der Waals surface area contributed by atoms with E-state index in [1.807, 2.05) is 49.4 Å². The van der Waals surface area contributed by atoms with Gasteiger partial charge in [0.05, 0.1) is 6.54 Å². The molecule has 2 aromatic carbocycles. The Morgan fingerprint density at radius 1 is 1.09 bits per heavy atom. The molecule has 0 aromatic heterocycles. The number of nitrogens with zero attached hydrogens (tertiary/aromatic N) is 2. The van der Waals surface area contributed by atoms with Crippen LogP contribution in [-0.2, 0) is 9.59 Å². The first-order chi connectivity index (χ1) is 11.2. The SMILES string of the molecule is CCCC1=NN(CCOc2cccc3ccccc23)C(=O)C1=O. The van der Waals surface area contributed by atoms with Gasteiger partial charge in [-0.1, -0.05) is 49.7 Å². The molecule has 1 heterocycles. The van der Waals surface area contributed by atoms with Crippen LogP contribution in [0.5, 0.6) is 5.75 Å². The molecule has 118 valence electrons. The van der Waals surface area contributed by atoms with Crippen molar-refractivity contribution in [3.05, 3.63) is 42.5 Å². The number of Topliss-reactive ketones (excluding diaryl/α,β-unsaturated/α-hetero) is 1. The molecule has 3 rings (SSSR count). The third kappa shape index (κ3) is 3.08. The first kappa shape index (κ1) is 15.2. The van der Waals surface area contributed by atoms with Crippen molar-refractivity contribution >= 4 is 28.2 Å². The molecular weight excluding hydrogens is 292 g/mol. The smallest absolute Gasteiger partial charge is 0.316 e. The van der Waals surface area contributed by atoms with Gasteiger partial charge in [-0.15, -0.1) is 0 Å². The minimum Gasteiger partial charge on any atom is -0.491 e. The predicted molar refractivity (Wildman–Crippen MR) is 88.5 cm³/mol. The van der Waals surface area contributed by atoms with Crippen molar-refractivity contribution in [2.45, 2.75) is 19.8 Å². The number of fused-ring (bicyclic) bond motifs is 1. The summed E-state index contributed by atoms with van der Waals surface area (Å²) in [5, 5.41) is 7.43. The van der Waals surface area contributed by atoms with Gasteiger partial charge in [0.25, 0.3) is 5.78 Å². The number of hydrogen-bond donors (Lipinski definition) is 0. The van der Waals surface area contributed by atoms with Gasteiger partial charge in [0.1, 0.15) is 18.1 Å². The Kier molecular flexibility index (Phi) is 4.37. The predicted octanol–water partition coefficient (Wildman–Crippen LogP) is 2.79. The molecule has 0 bridgehead atoms. The fourth-order valence-corrected chi connectivity index (χ4v) is 2.59. The number of hydrogen-bond acceptors (Lipinski definition) is 4. The average molecular weight is 310 g/mol. The van der Waals surface area contributed by atoms with Gasteiger partial charge in [0, 0.05) is 5.39 Å². The molecule has 2 aromatic rings. The number of carbonyl (C=O) groups excluding carboxylic acids is 2. The Bertz CT molecular complexity index is 777. The van der Waals surface area contributed by atoms with E-state index in [0.29, 0.717) is 12.1 Å². The van der Waals surface area contributed by atoms with E-state index in [-0.39, 0.29) is 13.2 Å². The molecule has 0 N–H and O–H groups in total. The van der Waals surface area contributed by atoms with E-state index in [2.05, 4.69) is 5.10 Å². The van der Waals surface area contributed by atoms with Crippen LogP contribution in [0.1, 0.15) is 19.8 Å². The summed E-state index contributed by atoms with van der Waals surface area (Å²) in [5.41, 5.74) is 0.350. The minimum atomic E-state index is -0.560. The van der Waals surface area contributed by atoms with Crippen molar-refractivity contribution < 1.29 is 14.3 Å². The van der Waals surface area contributed by atoms with Crippen LogP contribution in [0.15, 0.2) is 47.6 Å². The van der Waals surface area contributed by atoms with Crippen LogP contribution in [0, 0.1) is 0 Å². The summed E-state index contributed by atoms with van der Waals surface area (Å²) in [6, 6.07) is 13.8. The molecular formula is C18H18N2O3. The van der Waals surface area contributed by atoms with Gasteiger partial charge < -0.3 is 4.74 Å². The standard InChI is InChI=1S/C18H18N2O3/c1-2-6-15-17(21)18(22)20(19-15)11-12-23-16-10-5-8-13-7-3-4-9-14(13)16/h3-5,7-10H,2,6,11-12H2,1H3. The second-order valence-corrected chi connectivity index (χ2v) is 5.38. The summed E-state index contributed by atoms with van der Waals surface area (Å²) in [4.78, 5) is 23.6. The van der Waals surface area contributed by atoms with Crippen LogP contribution in [0.4, 0.5) is 0 Å². The summed E-state index contributed by atoms with van der Waals surface area (Å²) in [7, 11) is 0. The van der Waals surface area contributed by atoms with Gasteiger partial charge in [0.15, 0.2) is 0 Å². The van der Waals surface area contributed by atoms with E-state index < -0.39 is 11.7 Å². The fourth-order valence-electron chi connectivity index (χ4n) is 2.59. The molecule has 23 heavy (non-hydrogen) atoms. The summed E-state index contributed by atoms with van der Waals surface area (Å²) in [6.07, 6.45) is 1.32. The van der Waals surface area contributed by atoms with E-state index in [1.165, 1.54) is 5.01 Å². The third-order valence-electron chi connectivity index (χ3n) is 3.73. The zero-order valence-corrected chi connectivity index (χ0v) is 13.0. The Balaban J connectivity index is 1.65. The lowest BCUT2D eigenvalue weighted by Crippen LogP contribution is -2.30. The number of rotatable bonds is 6. The van der Waals surface area contributed by atoms with Crippen LogP contribution in [0.2, 0.25) is 0 Å². The highest BCUT2D eigenvalue weighted by Crippen LogP contribution is 2.25. The largest absolute Gasteiger partial charge is 0.491 e.